The highest BCUT2D eigenvalue weighted by Gasteiger charge is 2.01. The monoisotopic (exact) mass is 248 g/mol. The summed E-state index contributed by atoms with van der Waals surface area (Å²) in [5.74, 6) is 0.539. The summed E-state index contributed by atoms with van der Waals surface area (Å²) in [6.45, 7) is 0.500. The van der Waals surface area contributed by atoms with Crippen molar-refractivity contribution < 1.29 is 9.13 Å². The number of nitrogens with one attached hydrogen (secondary N) is 1. The number of methoxy groups -OCH3 is 1. The van der Waals surface area contributed by atoms with Gasteiger partial charge in [-0.1, -0.05) is 6.07 Å². The normalized spacial score (nSPS) is 10.1. The summed E-state index contributed by atoms with van der Waals surface area (Å²) in [5.41, 5.74) is 7.31. The number of benzene rings is 1. The van der Waals surface area contributed by atoms with Crippen LogP contribution in [-0.4, -0.2) is 17.1 Å². The number of hydrogen-bond acceptors (Lipinski definition) is 5. The minimum Gasteiger partial charge on any atom is -0.495 e. The third kappa shape index (κ3) is 2.85. The van der Waals surface area contributed by atoms with Crippen molar-refractivity contribution in [3.05, 3.63) is 42.0 Å². The van der Waals surface area contributed by atoms with Crippen LogP contribution in [0.2, 0.25) is 0 Å². The molecule has 94 valence electrons. The van der Waals surface area contributed by atoms with Gasteiger partial charge in [-0.3, -0.25) is 0 Å². The largest absolute Gasteiger partial charge is 0.495 e. The van der Waals surface area contributed by atoms with Gasteiger partial charge in [-0.25, -0.2) is 14.4 Å². The second-order valence-electron chi connectivity index (χ2n) is 3.65. The molecular weight excluding hydrogens is 235 g/mol. The molecule has 2 rings (SSSR count). The Bertz CT molecular complexity index is 530. The molecule has 1 aromatic heterocycles. The van der Waals surface area contributed by atoms with Gasteiger partial charge in [0.25, 0.3) is 0 Å². The predicted octanol–water partition coefficient (Wildman–Crippen LogP) is 1.82. The number of nitrogen functional groups attached to an aromatic ring is 1. The van der Waals surface area contributed by atoms with E-state index in [0.717, 1.165) is 18.0 Å². The summed E-state index contributed by atoms with van der Waals surface area (Å²) < 4.78 is 17.7. The standard InChI is InChI=1S/C12H13FN4O/c1-18-11-3-2-8(4-10(11)14)5-15-12-16-6-9(13)7-17-12/h2-4,6-7H,5,14H2,1H3,(H,15,16,17). The highest BCUT2D eigenvalue weighted by molar-refractivity contribution is 5.54. The Morgan fingerprint density at radius 2 is 2.06 bits per heavy atom. The Hall–Kier alpha value is -2.37. The third-order valence-corrected chi connectivity index (χ3v) is 2.37. The SMILES string of the molecule is COc1ccc(CNc2ncc(F)cn2)cc1N. The Morgan fingerprint density at radius 3 is 2.67 bits per heavy atom. The van der Waals surface area contributed by atoms with Gasteiger partial charge in [-0.15, -0.1) is 0 Å². The van der Waals surface area contributed by atoms with Gasteiger partial charge in [0, 0.05) is 6.54 Å². The van der Waals surface area contributed by atoms with Crippen molar-refractivity contribution in [1.29, 1.82) is 0 Å². The van der Waals surface area contributed by atoms with Crippen molar-refractivity contribution in [1.82, 2.24) is 9.97 Å². The lowest BCUT2D eigenvalue weighted by molar-refractivity contribution is 0.417. The van der Waals surface area contributed by atoms with E-state index in [-0.39, 0.29) is 0 Å². The molecule has 1 heterocycles. The second kappa shape index (κ2) is 5.31. The lowest BCUT2D eigenvalue weighted by atomic mass is 10.2. The molecular formula is C12H13FN4O. The first kappa shape index (κ1) is 12.1. The van der Waals surface area contributed by atoms with E-state index in [1.807, 2.05) is 6.07 Å². The molecule has 0 bridgehead atoms. The molecule has 5 nitrogen and oxygen atoms in total. The topological polar surface area (TPSA) is 73.1 Å². The maximum atomic E-state index is 12.6. The fourth-order valence-electron chi connectivity index (χ4n) is 1.48. The third-order valence-electron chi connectivity index (χ3n) is 2.37. The molecule has 1 aromatic carbocycles. The lowest BCUT2D eigenvalue weighted by Crippen LogP contribution is -2.04. The molecule has 0 aliphatic heterocycles. The van der Waals surface area contributed by atoms with Gasteiger partial charge in [0.1, 0.15) is 5.75 Å². The molecule has 0 saturated carbocycles. The first-order valence-corrected chi connectivity index (χ1v) is 5.33. The minimum atomic E-state index is -0.464. The Kier molecular flexibility index (Phi) is 3.57. The van der Waals surface area contributed by atoms with Crippen molar-refractivity contribution in [2.45, 2.75) is 6.54 Å². The second-order valence-corrected chi connectivity index (χ2v) is 3.65. The number of hydrogen-bond donors (Lipinski definition) is 2. The zero-order valence-electron chi connectivity index (χ0n) is 9.85. The van der Waals surface area contributed by atoms with Crippen LogP contribution in [0.15, 0.2) is 30.6 Å². The summed E-state index contributed by atoms with van der Waals surface area (Å²) in [5, 5.41) is 2.97. The van der Waals surface area contributed by atoms with Crippen LogP contribution in [0.5, 0.6) is 5.75 Å². The summed E-state index contributed by atoms with van der Waals surface area (Å²) in [6, 6.07) is 5.47. The first-order chi connectivity index (χ1) is 8.69. The highest BCUT2D eigenvalue weighted by atomic mass is 19.1. The molecule has 0 spiro atoms. The number of nitrogens with zero attached hydrogens (tertiary/aromatic N) is 2. The Balaban J connectivity index is 2.02. The van der Waals surface area contributed by atoms with E-state index in [1.165, 1.54) is 0 Å². The van der Waals surface area contributed by atoms with Crippen LogP contribution in [0.3, 0.4) is 0 Å². The molecule has 6 heteroatoms. The number of nitrogens with two attached hydrogens (primary N) is 1. The van der Waals surface area contributed by atoms with E-state index in [9.17, 15) is 4.39 Å². The molecule has 0 unspecified atom stereocenters. The number of ether oxygens (including phenoxy) is 1. The predicted molar refractivity (Wildman–Crippen MR) is 66.7 cm³/mol. The van der Waals surface area contributed by atoms with Gasteiger partial charge in [-0.05, 0) is 17.7 Å². The highest BCUT2D eigenvalue weighted by Crippen LogP contribution is 2.22. The van der Waals surface area contributed by atoms with E-state index < -0.39 is 5.82 Å². The fourth-order valence-corrected chi connectivity index (χ4v) is 1.48. The van der Waals surface area contributed by atoms with Crippen LogP contribution >= 0.6 is 0 Å². The van der Waals surface area contributed by atoms with Crippen LogP contribution in [-0.2, 0) is 6.54 Å². The zero-order valence-corrected chi connectivity index (χ0v) is 9.85. The summed E-state index contributed by atoms with van der Waals surface area (Å²) in [6.07, 6.45) is 2.22. The van der Waals surface area contributed by atoms with Crippen LogP contribution in [0.4, 0.5) is 16.0 Å². The summed E-state index contributed by atoms with van der Waals surface area (Å²) in [4.78, 5) is 7.59. The van der Waals surface area contributed by atoms with Crippen molar-refractivity contribution in [2.24, 2.45) is 0 Å². The first-order valence-electron chi connectivity index (χ1n) is 5.33. The fraction of sp³-hybridized carbons (Fsp3) is 0.167. The van der Waals surface area contributed by atoms with Crippen LogP contribution in [0.25, 0.3) is 0 Å². The smallest absolute Gasteiger partial charge is 0.223 e. The van der Waals surface area contributed by atoms with E-state index in [2.05, 4.69) is 15.3 Å². The molecule has 0 saturated heterocycles. The number of anilines is 2. The Morgan fingerprint density at radius 1 is 1.33 bits per heavy atom. The van der Waals surface area contributed by atoms with Gasteiger partial charge in [0.05, 0.1) is 25.2 Å². The van der Waals surface area contributed by atoms with Gasteiger partial charge in [0.15, 0.2) is 5.82 Å². The molecule has 0 fully saturated rings. The van der Waals surface area contributed by atoms with Crippen LogP contribution in [0.1, 0.15) is 5.56 Å². The summed E-state index contributed by atoms with van der Waals surface area (Å²) >= 11 is 0. The molecule has 0 aliphatic rings. The molecule has 0 radical (unpaired) electrons. The quantitative estimate of drug-likeness (QED) is 0.807. The minimum absolute atomic E-state index is 0.366. The molecule has 0 atom stereocenters. The van der Waals surface area contributed by atoms with Gasteiger partial charge in [0.2, 0.25) is 5.95 Å². The van der Waals surface area contributed by atoms with Gasteiger partial charge >= 0.3 is 0 Å². The maximum absolute atomic E-state index is 12.6. The van der Waals surface area contributed by atoms with E-state index in [4.69, 9.17) is 10.5 Å². The van der Waals surface area contributed by atoms with Crippen molar-refractivity contribution in [2.75, 3.05) is 18.2 Å². The number of rotatable bonds is 4. The average molecular weight is 248 g/mol. The zero-order chi connectivity index (χ0) is 13.0. The van der Waals surface area contributed by atoms with E-state index in [1.54, 1.807) is 19.2 Å². The van der Waals surface area contributed by atoms with Gasteiger partial charge in [-0.2, -0.15) is 0 Å². The van der Waals surface area contributed by atoms with E-state index in [0.29, 0.717) is 23.9 Å². The number of halogens is 1. The summed E-state index contributed by atoms with van der Waals surface area (Å²) in [7, 11) is 1.57. The van der Waals surface area contributed by atoms with Crippen LogP contribution in [0, 0.1) is 5.82 Å². The van der Waals surface area contributed by atoms with Gasteiger partial charge < -0.3 is 15.8 Å². The molecule has 0 amide bonds. The molecule has 3 N–H and O–H groups in total. The van der Waals surface area contributed by atoms with Crippen molar-refractivity contribution >= 4 is 11.6 Å². The lowest BCUT2D eigenvalue weighted by Gasteiger charge is -2.08. The van der Waals surface area contributed by atoms with Crippen LogP contribution < -0.4 is 15.8 Å². The Labute approximate surface area is 104 Å². The maximum Gasteiger partial charge on any atom is 0.223 e. The van der Waals surface area contributed by atoms with Crippen molar-refractivity contribution in [3.63, 3.8) is 0 Å². The molecule has 0 aliphatic carbocycles. The number of aromatic nitrogens is 2. The average Bonchev–Trinajstić information content (AvgIpc) is 2.38. The molecule has 18 heavy (non-hydrogen) atoms. The molecule has 2 aromatic rings. The van der Waals surface area contributed by atoms with Crippen molar-refractivity contribution in [3.8, 4) is 5.75 Å². The van der Waals surface area contributed by atoms with E-state index >= 15 is 0 Å².